The largest absolute Gasteiger partial charge is 0.396 e. The van der Waals surface area contributed by atoms with Gasteiger partial charge in [-0.1, -0.05) is 47.6 Å². The predicted octanol–water partition coefficient (Wildman–Crippen LogP) is 3.32. The summed E-state index contributed by atoms with van der Waals surface area (Å²) in [7, 11) is 0. The minimum atomic E-state index is -1.57. The molecule has 2 aliphatic rings. The SMILES string of the molecule is C=C(C=CC=C(COCC(O)CO)C1CCC2(C(CCCO)C(=C(C)C=O)CCC2(O)CO)C1O)CCC=C(C)C. The summed E-state index contributed by atoms with van der Waals surface area (Å²) in [6.45, 7) is 8.98. The molecule has 232 valence electrons. The molecule has 0 aromatic heterocycles. The van der Waals surface area contributed by atoms with E-state index in [0.717, 1.165) is 35.8 Å². The first-order chi connectivity index (χ1) is 19.5. The van der Waals surface area contributed by atoms with Gasteiger partial charge < -0.3 is 35.4 Å². The minimum Gasteiger partial charge on any atom is -0.396 e. The Kier molecular flexibility index (Phi) is 14.3. The molecule has 0 aromatic rings. The minimum absolute atomic E-state index is 0.0639. The zero-order valence-electron chi connectivity index (χ0n) is 25.1. The molecule has 6 unspecified atom stereocenters. The normalized spacial score (nSPS) is 30.6. The van der Waals surface area contributed by atoms with Crippen molar-refractivity contribution < 1.29 is 40.2 Å². The predicted molar refractivity (Wildman–Crippen MR) is 160 cm³/mol. The van der Waals surface area contributed by atoms with Gasteiger partial charge in [0.05, 0.1) is 38.1 Å². The van der Waals surface area contributed by atoms with Gasteiger partial charge in [0.15, 0.2) is 0 Å². The molecule has 6 N–H and O–H groups in total. The molecule has 0 aliphatic heterocycles. The van der Waals surface area contributed by atoms with E-state index in [-0.39, 0.29) is 26.2 Å². The second-order valence-electron chi connectivity index (χ2n) is 12.0. The molecular formula is C33H52O8. The zero-order valence-corrected chi connectivity index (χ0v) is 25.1. The first-order valence-electron chi connectivity index (χ1n) is 14.8. The van der Waals surface area contributed by atoms with Crippen molar-refractivity contribution in [3.63, 3.8) is 0 Å². The smallest absolute Gasteiger partial charge is 0.145 e. The summed E-state index contributed by atoms with van der Waals surface area (Å²) in [6, 6.07) is 0. The molecule has 2 saturated carbocycles. The quantitative estimate of drug-likeness (QED) is 0.0710. The topological polar surface area (TPSA) is 148 Å². The Hall–Kier alpha value is -1.91. The number of aldehydes is 1. The molecule has 0 amide bonds. The van der Waals surface area contributed by atoms with E-state index in [1.807, 2.05) is 18.2 Å². The van der Waals surface area contributed by atoms with Crippen molar-refractivity contribution in [1.29, 1.82) is 0 Å². The monoisotopic (exact) mass is 576 g/mol. The van der Waals surface area contributed by atoms with Gasteiger partial charge in [-0.15, -0.1) is 0 Å². The number of aliphatic hydroxyl groups is 6. The molecule has 2 fully saturated rings. The van der Waals surface area contributed by atoms with Crippen LogP contribution in [0.3, 0.4) is 0 Å². The third-order valence-electron chi connectivity index (χ3n) is 9.02. The molecule has 0 saturated heterocycles. The van der Waals surface area contributed by atoms with Crippen LogP contribution in [-0.4, -0.2) is 87.8 Å². The second kappa shape index (κ2) is 16.7. The summed E-state index contributed by atoms with van der Waals surface area (Å²) in [6.07, 6.45) is 10.7. The molecule has 1 spiro atoms. The Labute approximate surface area is 245 Å². The van der Waals surface area contributed by atoms with Crippen LogP contribution < -0.4 is 0 Å². The Bertz CT molecular complexity index is 991. The lowest BCUT2D eigenvalue weighted by Crippen LogP contribution is -2.62. The van der Waals surface area contributed by atoms with Gasteiger partial charge in [0.1, 0.15) is 12.4 Å². The van der Waals surface area contributed by atoms with Crippen molar-refractivity contribution in [2.24, 2.45) is 17.3 Å². The second-order valence-corrected chi connectivity index (χ2v) is 12.0. The summed E-state index contributed by atoms with van der Waals surface area (Å²) in [4.78, 5) is 11.8. The van der Waals surface area contributed by atoms with Crippen molar-refractivity contribution in [3.05, 3.63) is 58.7 Å². The highest BCUT2D eigenvalue weighted by molar-refractivity contribution is 5.74. The van der Waals surface area contributed by atoms with E-state index in [0.29, 0.717) is 37.7 Å². The number of carbonyl (C=O) groups is 1. The van der Waals surface area contributed by atoms with Gasteiger partial charge in [-0.05, 0) is 89.2 Å². The number of carbonyl (C=O) groups excluding carboxylic acids is 1. The molecule has 0 heterocycles. The fourth-order valence-corrected chi connectivity index (χ4v) is 6.80. The molecule has 0 aromatic carbocycles. The summed E-state index contributed by atoms with van der Waals surface area (Å²) in [5.74, 6) is -0.815. The average Bonchev–Trinajstić information content (AvgIpc) is 3.29. The van der Waals surface area contributed by atoms with Crippen molar-refractivity contribution in [2.75, 3.05) is 33.0 Å². The Morgan fingerprint density at radius 2 is 1.93 bits per heavy atom. The fourth-order valence-electron chi connectivity index (χ4n) is 6.80. The Balaban J connectivity index is 2.48. The summed E-state index contributed by atoms with van der Waals surface area (Å²) >= 11 is 0. The highest BCUT2D eigenvalue weighted by Crippen LogP contribution is 2.63. The van der Waals surface area contributed by atoms with Gasteiger partial charge in [-0.25, -0.2) is 0 Å². The van der Waals surface area contributed by atoms with Crippen molar-refractivity contribution >= 4 is 6.29 Å². The molecule has 2 rings (SSSR count). The van der Waals surface area contributed by atoms with Gasteiger partial charge in [-0.2, -0.15) is 0 Å². The van der Waals surface area contributed by atoms with E-state index in [1.54, 1.807) is 6.92 Å². The summed E-state index contributed by atoms with van der Waals surface area (Å²) in [5.41, 5.74) is 1.70. The third-order valence-corrected chi connectivity index (χ3v) is 9.02. The summed E-state index contributed by atoms with van der Waals surface area (Å²) < 4.78 is 5.73. The number of rotatable bonds is 16. The molecule has 2 aliphatic carbocycles. The Morgan fingerprint density at radius 3 is 2.54 bits per heavy atom. The highest BCUT2D eigenvalue weighted by atomic mass is 16.5. The lowest BCUT2D eigenvalue weighted by Gasteiger charge is -2.56. The maximum absolute atomic E-state index is 12.1. The lowest BCUT2D eigenvalue weighted by atomic mass is 9.52. The number of hydrogen-bond donors (Lipinski definition) is 6. The maximum Gasteiger partial charge on any atom is 0.145 e. The van der Waals surface area contributed by atoms with Crippen LogP contribution in [0.1, 0.15) is 72.1 Å². The van der Waals surface area contributed by atoms with E-state index in [9.17, 15) is 35.4 Å². The third kappa shape index (κ3) is 8.57. The number of allylic oxidation sites excluding steroid dienone is 8. The van der Waals surface area contributed by atoms with Crippen molar-refractivity contribution in [2.45, 2.75) is 89.9 Å². The van der Waals surface area contributed by atoms with Crippen molar-refractivity contribution in [1.82, 2.24) is 0 Å². The number of hydrogen-bond acceptors (Lipinski definition) is 8. The van der Waals surface area contributed by atoms with Crippen molar-refractivity contribution in [3.8, 4) is 0 Å². The average molecular weight is 577 g/mol. The standard InChI is InChI=1S/C33H52O8/c1-23(2)8-5-9-24(3)10-6-11-26(20-41-21-27(38)19-36)29-14-16-33(31(29)39)30(12-7-17-34)28(25(4)18-35)13-15-32(33,40)22-37/h6,8,10-11,18,27,29-31,34,36-40H,3,5,7,9,12-17,19-22H2,1-2,4H3. The molecule has 8 heteroatoms. The lowest BCUT2D eigenvalue weighted by molar-refractivity contribution is -0.195. The van der Waals surface area contributed by atoms with Gasteiger partial charge in [0, 0.05) is 17.9 Å². The summed E-state index contributed by atoms with van der Waals surface area (Å²) in [5, 5.41) is 63.1. The number of aliphatic hydroxyl groups excluding tert-OH is 5. The van der Waals surface area contributed by atoms with Crippen LogP contribution in [-0.2, 0) is 9.53 Å². The molecule has 8 nitrogen and oxygen atoms in total. The van der Waals surface area contributed by atoms with Crippen LogP contribution in [0, 0.1) is 17.3 Å². The van der Waals surface area contributed by atoms with Crippen LogP contribution in [0.4, 0.5) is 0 Å². The van der Waals surface area contributed by atoms with Crippen LogP contribution in [0.5, 0.6) is 0 Å². The molecule has 6 atom stereocenters. The highest BCUT2D eigenvalue weighted by Gasteiger charge is 2.65. The van der Waals surface area contributed by atoms with Crippen LogP contribution in [0.2, 0.25) is 0 Å². The maximum atomic E-state index is 12.1. The van der Waals surface area contributed by atoms with E-state index in [2.05, 4.69) is 26.5 Å². The van der Waals surface area contributed by atoms with E-state index in [1.165, 1.54) is 5.57 Å². The number of ether oxygens (including phenoxy) is 1. The van der Waals surface area contributed by atoms with E-state index in [4.69, 9.17) is 4.74 Å². The molecule has 0 bridgehead atoms. The fraction of sp³-hybridized carbons (Fsp3) is 0.667. The van der Waals surface area contributed by atoms with Crippen LogP contribution in [0.25, 0.3) is 0 Å². The molecular weight excluding hydrogens is 524 g/mol. The first kappa shape index (κ1) is 35.3. The Morgan fingerprint density at radius 1 is 1.20 bits per heavy atom. The molecule has 0 radical (unpaired) electrons. The van der Waals surface area contributed by atoms with Gasteiger partial charge >= 0.3 is 0 Å². The van der Waals surface area contributed by atoms with Crippen LogP contribution >= 0.6 is 0 Å². The molecule has 41 heavy (non-hydrogen) atoms. The first-order valence-corrected chi connectivity index (χ1v) is 14.8. The van der Waals surface area contributed by atoms with Gasteiger partial charge in [-0.3, -0.25) is 4.79 Å². The zero-order chi connectivity index (χ0) is 30.6. The van der Waals surface area contributed by atoms with Crippen LogP contribution in [0.15, 0.2) is 58.7 Å². The van der Waals surface area contributed by atoms with E-state index >= 15 is 0 Å². The van der Waals surface area contributed by atoms with E-state index < -0.39 is 48.3 Å². The van der Waals surface area contributed by atoms with Gasteiger partial charge in [0.25, 0.3) is 0 Å². The van der Waals surface area contributed by atoms with Gasteiger partial charge in [0.2, 0.25) is 0 Å².